The Morgan fingerprint density at radius 1 is 1.12 bits per heavy atom. The number of carbonyl (C=O) groups excluding carboxylic acids is 1. The molecule has 1 heterocycles. The normalized spacial score (nSPS) is 23.8. The Balaban J connectivity index is 1.51. The average molecular weight is 361 g/mol. The maximum atomic E-state index is 12.5. The highest BCUT2D eigenvalue weighted by Gasteiger charge is 2.40. The third-order valence-corrected chi connectivity index (χ3v) is 5.27. The van der Waals surface area contributed by atoms with Crippen molar-refractivity contribution in [2.75, 3.05) is 19.8 Å². The van der Waals surface area contributed by atoms with Crippen molar-refractivity contribution in [3.05, 3.63) is 30.3 Å². The lowest BCUT2D eigenvalue weighted by molar-refractivity contribution is -0.149. The van der Waals surface area contributed by atoms with Crippen molar-refractivity contribution in [2.24, 2.45) is 5.92 Å². The molecule has 2 fully saturated rings. The largest absolute Gasteiger partial charge is 0.484 e. The number of hydrogen-bond donors (Lipinski definition) is 1. The van der Waals surface area contributed by atoms with E-state index in [-0.39, 0.29) is 18.6 Å². The molecule has 1 amide bonds. The molecule has 1 saturated heterocycles. The molecule has 0 bridgehead atoms. The monoisotopic (exact) mass is 361 g/mol. The van der Waals surface area contributed by atoms with Gasteiger partial charge >= 0.3 is 5.97 Å². The molecular weight excluding hydrogens is 334 g/mol. The zero-order valence-corrected chi connectivity index (χ0v) is 15.0. The quantitative estimate of drug-likeness (QED) is 0.808. The summed E-state index contributed by atoms with van der Waals surface area (Å²) in [7, 11) is 0. The van der Waals surface area contributed by atoms with Crippen LogP contribution in [0.15, 0.2) is 30.3 Å². The maximum absolute atomic E-state index is 12.5. The van der Waals surface area contributed by atoms with Gasteiger partial charge in [-0.05, 0) is 30.9 Å². The van der Waals surface area contributed by atoms with Crippen molar-refractivity contribution in [1.82, 2.24) is 4.90 Å². The number of rotatable bonds is 7. The van der Waals surface area contributed by atoms with Crippen molar-refractivity contribution >= 4 is 11.9 Å². The summed E-state index contributed by atoms with van der Waals surface area (Å²) in [5.41, 5.74) is 0. The van der Waals surface area contributed by atoms with Gasteiger partial charge in [0.05, 0.1) is 6.10 Å². The van der Waals surface area contributed by atoms with Crippen LogP contribution in [0, 0.1) is 5.92 Å². The van der Waals surface area contributed by atoms with Gasteiger partial charge in [-0.15, -0.1) is 0 Å². The van der Waals surface area contributed by atoms with E-state index in [9.17, 15) is 14.7 Å². The van der Waals surface area contributed by atoms with Crippen LogP contribution in [0.3, 0.4) is 0 Å². The number of carboxylic acid groups (broad SMARTS) is 1. The summed E-state index contributed by atoms with van der Waals surface area (Å²) in [6, 6.07) is 8.21. The van der Waals surface area contributed by atoms with E-state index in [2.05, 4.69) is 0 Å². The molecule has 1 aromatic carbocycles. The number of carboxylic acids is 1. The Morgan fingerprint density at radius 3 is 2.54 bits per heavy atom. The molecule has 2 atom stereocenters. The van der Waals surface area contributed by atoms with E-state index < -0.39 is 12.0 Å². The molecule has 142 valence electrons. The van der Waals surface area contributed by atoms with Gasteiger partial charge in [-0.2, -0.15) is 0 Å². The fraction of sp³-hybridized carbons (Fsp3) is 0.600. The highest BCUT2D eigenvalue weighted by molar-refractivity contribution is 5.85. The number of ether oxygens (including phenoxy) is 2. The maximum Gasteiger partial charge on any atom is 0.326 e. The number of benzene rings is 1. The SMILES string of the molecule is O=C(O)[C@@H]1C[C@@H](OCC2CCCCC2)CN1C(=O)COc1ccccc1. The number of para-hydroxylation sites is 1. The Morgan fingerprint density at radius 2 is 1.85 bits per heavy atom. The average Bonchev–Trinajstić information content (AvgIpc) is 3.11. The molecule has 1 N–H and O–H groups in total. The highest BCUT2D eigenvalue weighted by Crippen LogP contribution is 2.26. The van der Waals surface area contributed by atoms with Gasteiger partial charge in [-0.3, -0.25) is 4.79 Å². The molecule has 0 radical (unpaired) electrons. The topological polar surface area (TPSA) is 76.1 Å². The molecule has 6 heteroatoms. The predicted octanol–water partition coefficient (Wildman–Crippen LogP) is 2.72. The van der Waals surface area contributed by atoms with Crippen LogP contribution in [0.1, 0.15) is 38.5 Å². The van der Waals surface area contributed by atoms with Crippen LogP contribution in [-0.2, 0) is 14.3 Å². The minimum Gasteiger partial charge on any atom is -0.484 e. The zero-order chi connectivity index (χ0) is 18.4. The molecular formula is C20H27NO5. The van der Waals surface area contributed by atoms with E-state index >= 15 is 0 Å². The summed E-state index contributed by atoms with van der Waals surface area (Å²) in [4.78, 5) is 25.4. The summed E-state index contributed by atoms with van der Waals surface area (Å²) in [5.74, 6) is -0.137. The minimum absolute atomic E-state index is 0.164. The smallest absolute Gasteiger partial charge is 0.326 e. The Hall–Kier alpha value is -2.08. The Labute approximate surface area is 154 Å². The first-order valence-electron chi connectivity index (χ1n) is 9.45. The third-order valence-electron chi connectivity index (χ3n) is 5.27. The van der Waals surface area contributed by atoms with Crippen molar-refractivity contribution in [3.8, 4) is 5.75 Å². The molecule has 1 aliphatic heterocycles. The predicted molar refractivity (Wildman–Crippen MR) is 96.0 cm³/mol. The molecule has 0 spiro atoms. The van der Waals surface area contributed by atoms with E-state index in [1.165, 1.54) is 37.0 Å². The van der Waals surface area contributed by atoms with Crippen LogP contribution in [0.2, 0.25) is 0 Å². The second kappa shape index (κ2) is 9.03. The minimum atomic E-state index is -0.984. The second-order valence-corrected chi connectivity index (χ2v) is 7.20. The third kappa shape index (κ3) is 4.97. The fourth-order valence-corrected chi connectivity index (χ4v) is 3.80. The van der Waals surface area contributed by atoms with E-state index in [0.717, 1.165) is 0 Å². The molecule has 0 unspecified atom stereocenters. The van der Waals surface area contributed by atoms with Gasteiger partial charge in [0.2, 0.25) is 0 Å². The van der Waals surface area contributed by atoms with Crippen LogP contribution in [0.25, 0.3) is 0 Å². The van der Waals surface area contributed by atoms with Crippen LogP contribution >= 0.6 is 0 Å². The van der Waals surface area contributed by atoms with E-state index in [1.807, 2.05) is 18.2 Å². The molecule has 3 rings (SSSR count). The lowest BCUT2D eigenvalue weighted by Gasteiger charge is -2.23. The summed E-state index contributed by atoms with van der Waals surface area (Å²) in [6.45, 7) is 0.823. The van der Waals surface area contributed by atoms with Crippen LogP contribution in [0.5, 0.6) is 5.75 Å². The molecule has 1 aliphatic carbocycles. The lowest BCUT2D eigenvalue weighted by Crippen LogP contribution is -2.43. The number of nitrogens with zero attached hydrogens (tertiary/aromatic N) is 1. The van der Waals surface area contributed by atoms with Crippen LogP contribution in [0.4, 0.5) is 0 Å². The van der Waals surface area contributed by atoms with Gasteiger partial charge < -0.3 is 19.5 Å². The summed E-state index contributed by atoms with van der Waals surface area (Å²) < 4.78 is 11.4. The molecule has 2 aliphatic rings. The van der Waals surface area contributed by atoms with Gasteiger partial charge in [-0.1, -0.05) is 37.5 Å². The van der Waals surface area contributed by atoms with E-state index in [0.29, 0.717) is 31.2 Å². The summed E-state index contributed by atoms with van der Waals surface area (Å²) >= 11 is 0. The number of likely N-dealkylation sites (tertiary alicyclic amines) is 1. The van der Waals surface area contributed by atoms with E-state index in [1.54, 1.807) is 12.1 Å². The van der Waals surface area contributed by atoms with Crippen molar-refractivity contribution < 1.29 is 24.2 Å². The van der Waals surface area contributed by atoms with Crippen LogP contribution < -0.4 is 4.74 Å². The highest BCUT2D eigenvalue weighted by atomic mass is 16.5. The fourth-order valence-electron chi connectivity index (χ4n) is 3.80. The number of amides is 1. The zero-order valence-electron chi connectivity index (χ0n) is 15.0. The second-order valence-electron chi connectivity index (χ2n) is 7.20. The molecule has 1 saturated carbocycles. The van der Waals surface area contributed by atoms with Crippen molar-refractivity contribution in [3.63, 3.8) is 0 Å². The summed E-state index contributed by atoms with van der Waals surface area (Å²) in [6.07, 6.45) is 6.30. The van der Waals surface area contributed by atoms with Gasteiger partial charge in [0, 0.05) is 19.6 Å². The molecule has 6 nitrogen and oxygen atoms in total. The lowest BCUT2D eigenvalue weighted by atomic mass is 9.90. The number of aliphatic carboxylic acids is 1. The standard InChI is InChI=1S/C20H27NO5/c22-19(14-26-16-9-5-2-6-10-16)21-12-17(11-18(21)20(23)24)25-13-15-7-3-1-4-8-15/h2,5-6,9-10,15,17-18H,1,3-4,7-8,11-14H2,(H,23,24)/t17-,18+/m1/s1. The first kappa shape index (κ1) is 18.7. The first-order valence-corrected chi connectivity index (χ1v) is 9.45. The number of hydrogen-bond acceptors (Lipinski definition) is 4. The van der Waals surface area contributed by atoms with Gasteiger partial charge in [-0.25, -0.2) is 4.79 Å². The number of carbonyl (C=O) groups is 2. The van der Waals surface area contributed by atoms with Crippen molar-refractivity contribution in [1.29, 1.82) is 0 Å². The molecule has 1 aromatic rings. The molecule has 0 aromatic heterocycles. The molecule has 26 heavy (non-hydrogen) atoms. The Kier molecular flexibility index (Phi) is 6.50. The Bertz CT molecular complexity index is 599. The summed E-state index contributed by atoms with van der Waals surface area (Å²) in [5, 5.41) is 9.46. The van der Waals surface area contributed by atoms with Crippen molar-refractivity contribution in [2.45, 2.75) is 50.7 Å². The van der Waals surface area contributed by atoms with Gasteiger partial charge in [0.15, 0.2) is 6.61 Å². The van der Waals surface area contributed by atoms with E-state index in [4.69, 9.17) is 9.47 Å². The van der Waals surface area contributed by atoms with Gasteiger partial charge in [0.25, 0.3) is 5.91 Å². The van der Waals surface area contributed by atoms with Gasteiger partial charge in [0.1, 0.15) is 11.8 Å². The van der Waals surface area contributed by atoms with Crippen LogP contribution in [-0.4, -0.2) is 53.8 Å². The first-order chi connectivity index (χ1) is 12.6.